The fourth-order valence-electron chi connectivity index (χ4n) is 4.19. The molecule has 0 aromatic heterocycles. The highest BCUT2D eigenvalue weighted by Crippen LogP contribution is 2.49. The maximum atomic E-state index is 11.5. The Hall–Kier alpha value is -1.31. The van der Waals surface area contributed by atoms with Crippen LogP contribution in [0.15, 0.2) is 12.3 Å². The van der Waals surface area contributed by atoms with E-state index in [0.29, 0.717) is 12.8 Å². The summed E-state index contributed by atoms with van der Waals surface area (Å²) in [5.41, 5.74) is -0.935. The van der Waals surface area contributed by atoms with Crippen LogP contribution in [0, 0.1) is 11.8 Å². The first-order valence-corrected chi connectivity index (χ1v) is 8.94. The van der Waals surface area contributed by atoms with Crippen molar-refractivity contribution in [3.8, 4) is 0 Å². The van der Waals surface area contributed by atoms with Crippen molar-refractivity contribution in [1.29, 1.82) is 0 Å². The van der Waals surface area contributed by atoms with Gasteiger partial charge in [-0.3, -0.25) is 4.79 Å². The highest BCUT2D eigenvalue weighted by atomic mass is 16.8. The van der Waals surface area contributed by atoms with Gasteiger partial charge in [-0.05, 0) is 31.8 Å². The van der Waals surface area contributed by atoms with E-state index in [-0.39, 0.29) is 5.92 Å². The van der Waals surface area contributed by atoms with Gasteiger partial charge in [0.1, 0.15) is 24.4 Å². The standard InChI is InChI=1S/C17H26O11/c1-8(19)27-15(2)5-3-9-4-6-25-13(10(9)15)26-14-11(20)12(21)17(23,24)16(22,7-18)28-14/h4,6,9-14,18,20-24H,3,5,7H2,1-2H3/t9-,10+,11+,12+,13+,14-,15-,16+/m0/s1. The predicted molar refractivity (Wildman–Crippen MR) is 87.6 cm³/mol. The van der Waals surface area contributed by atoms with E-state index < -0.39 is 60.5 Å². The lowest BCUT2D eigenvalue weighted by atomic mass is 9.85. The number of hydrogen-bond donors (Lipinski definition) is 6. The van der Waals surface area contributed by atoms with Crippen LogP contribution in [0.3, 0.4) is 0 Å². The van der Waals surface area contributed by atoms with Crippen LogP contribution in [0.4, 0.5) is 0 Å². The molecule has 11 heteroatoms. The normalized spacial score (nSPS) is 47.3. The average molecular weight is 406 g/mol. The molecule has 0 amide bonds. The largest absolute Gasteiger partial charge is 0.472 e. The minimum atomic E-state index is -3.35. The van der Waals surface area contributed by atoms with Gasteiger partial charge in [0.05, 0.1) is 12.2 Å². The van der Waals surface area contributed by atoms with Crippen molar-refractivity contribution in [3.05, 3.63) is 12.3 Å². The Labute approximate surface area is 160 Å². The third kappa shape index (κ3) is 3.31. The molecule has 1 saturated heterocycles. The van der Waals surface area contributed by atoms with Crippen LogP contribution in [0.25, 0.3) is 0 Å². The number of carbonyl (C=O) groups is 1. The first-order chi connectivity index (χ1) is 12.9. The van der Waals surface area contributed by atoms with E-state index in [9.17, 15) is 35.4 Å². The second-order valence-corrected chi connectivity index (χ2v) is 7.69. The zero-order valence-electron chi connectivity index (χ0n) is 15.5. The van der Waals surface area contributed by atoms with E-state index in [2.05, 4.69) is 0 Å². The van der Waals surface area contributed by atoms with Crippen molar-refractivity contribution < 1.29 is 54.4 Å². The number of carbonyl (C=O) groups excluding carboxylic acids is 1. The van der Waals surface area contributed by atoms with Crippen LogP contribution in [0.5, 0.6) is 0 Å². The Morgan fingerprint density at radius 1 is 1.25 bits per heavy atom. The smallest absolute Gasteiger partial charge is 0.303 e. The monoisotopic (exact) mass is 406 g/mol. The summed E-state index contributed by atoms with van der Waals surface area (Å²) in [5, 5.41) is 59.3. The Balaban J connectivity index is 1.83. The molecule has 28 heavy (non-hydrogen) atoms. The molecular weight excluding hydrogens is 380 g/mol. The van der Waals surface area contributed by atoms with Gasteiger partial charge in [-0.1, -0.05) is 0 Å². The second kappa shape index (κ2) is 7.18. The summed E-state index contributed by atoms with van der Waals surface area (Å²) in [6, 6.07) is 0. The summed E-state index contributed by atoms with van der Waals surface area (Å²) in [7, 11) is 0. The number of esters is 1. The van der Waals surface area contributed by atoms with Gasteiger partial charge < -0.3 is 49.6 Å². The fourth-order valence-corrected chi connectivity index (χ4v) is 4.19. The van der Waals surface area contributed by atoms with Crippen LogP contribution < -0.4 is 0 Å². The second-order valence-electron chi connectivity index (χ2n) is 7.69. The third-order valence-electron chi connectivity index (χ3n) is 5.73. The summed E-state index contributed by atoms with van der Waals surface area (Å²) >= 11 is 0. The Kier molecular flexibility index (Phi) is 5.49. The van der Waals surface area contributed by atoms with Crippen LogP contribution in [-0.2, 0) is 23.7 Å². The van der Waals surface area contributed by atoms with Crippen molar-refractivity contribution in [2.24, 2.45) is 11.8 Å². The molecular formula is C17H26O11. The molecule has 0 radical (unpaired) electrons. The Bertz CT molecular complexity index is 637. The van der Waals surface area contributed by atoms with Crippen molar-refractivity contribution in [2.75, 3.05) is 6.61 Å². The molecule has 3 rings (SSSR count). The minimum absolute atomic E-state index is 0.0692. The molecule has 0 bridgehead atoms. The first kappa shape index (κ1) is 21.4. The number of allylic oxidation sites excluding steroid dienone is 1. The van der Waals surface area contributed by atoms with E-state index >= 15 is 0 Å². The third-order valence-corrected chi connectivity index (χ3v) is 5.73. The van der Waals surface area contributed by atoms with E-state index in [0.717, 1.165) is 0 Å². The van der Waals surface area contributed by atoms with Crippen LogP contribution in [0.1, 0.15) is 26.7 Å². The van der Waals surface area contributed by atoms with Gasteiger partial charge in [0, 0.05) is 6.92 Å². The van der Waals surface area contributed by atoms with Gasteiger partial charge in [-0.15, -0.1) is 0 Å². The van der Waals surface area contributed by atoms with Crippen molar-refractivity contribution >= 4 is 5.97 Å². The summed E-state index contributed by atoms with van der Waals surface area (Å²) in [6.07, 6.45) is -2.80. The summed E-state index contributed by atoms with van der Waals surface area (Å²) in [5.74, 6) is -7.42. The molecule has 8 atom stereocenters. The summed E-state index contributed by atoms with van der Waals surface area (Å²) < 4.78 is 21.5. The summed E-state index contributed by atoms with van der Waals surface area (Å²) in [4.78, 5) is 11.5. The maximum Gasteiger partial charge on any atom is 0.303 e. The molecule has 2 aliphatic heterocycles. The lowest BCUT2D eigenvalue weighted by Gasteiger charge is -2.50. The van der Waals surface area contributed by atoms with Crippen LogP contribution in [-0.4, -0.2) is 85.2 Å². The highest BCUT2D eigenvalue weighted by molar-refractivity contribution is 5.66. The molecule has 1 saturated carbocycles. The number of aliphatic hydroxyl groups is 6. The number of aliphatic hydroxyl groups excluding tert-OH is 3. The van der Waals surface area contributed by atoms with Crippen molar-refractivity contribution in [3.63, 3.8) is 0 Å². The van der Waals surface area contributed by atoms with Gasteiger partial charge in [0.25, 0.3) is 5.79 Å². The molecule has 0 aromatic rings. The number of rotatable bonds is 4. The molecule has 0 unspecified atom stereocenters. The number of fused-ring (bicyclic) bond motifs is 1. The van der Waals surface area contributed by atoms with Gasteiger partial charge in [-0.25, -0.2) is 0 Å². The van der Waals surface area contributed by atoms with Gasteiger partial charge in [0.2, 0.25) is 12.1 Å². The SMILES string of the molecule is CC(=O)O[C@@]1(C)CC[C@H]2C=CO[C@H](O[C@H]3O[C@](O)(CO)C(O)(O)[C@H](O)[C@H]3O)[C@@H]21. The van der Waals surface area contributed by atoms with E-state index in [4.69, 9.17) is 18.9 Å². The van der Waals surface area contributed by atoms with E-state index in [1.165, 1.54) is 13.2 Å². The fraction of sp³-hybridized carbons (Fsp3) is 0.824. The topological polar surface area (TPSA) is 175 Å². The van der Waals surface area contributed by atoms with Crippen molar-refractivity contribution in [1.82, 2.24) is 0 Å². The van der Waals surface area contributed by atoms with Crippen LogP contribution >= 0.6 is 0 Å². The van der Waals surface area contributed by atoms with Gasteiger partial charge in [0.15, 0.2) is 6.29 Å². The lowest BCUT2D eigenvalue weighted by Crippen LogP contribution is -2.74. The maximum absolute atomic E-state index is 11.5. The number of hydrogen-bond acceptors (Lipinski definition) is 11. The Morgan fingerprint density at radius 2 is 1.93 bits per heavy atom. The summed E-state index contributed by atoms with van der Waals surface area (Å²) in [6.45, 7) is 1.70. The quantitative estimate of drug-likeness (QED) is 0.218. The highest BCUT2D eigenvalue weighted by Gasteiger charge is 2.64. The van der Waals surface area contributed by atoms with E-state index in [1.54, 1.807) is 13.0 Å². The molecule has 2 fully saturated rings. The molecule has 0 aromatic carbocycles. The molecule has 0 spiro atoms. The zero-order valence-corrected chi connectivity index (χ0v) is 15.5. The average Bonchev–Trinajstić information content (AvgIpc) is 2.95. The van der Waals surface area contributed by atoms with Gasteiger partial charge in [-0.2, -0.15) is 0 Å². The molecule has 2 heterocycles. The molecule has 160 valence electrons. The molecule has 3 aliphatic rings. The Morgan fingerprint density at radius 3 is 2.54 bits per heavy atom. The molecule has 1 aliphatic carbocycles. The molecule has 11 nitrogen and oxygen atoms in total. The lowest BCUT2D eigenvalue weighted by molar-refractivity contribution is -0.485. The first-order valence-electron chi connectivity index (χ1n) is 8.94. The minimum Gasteiger partial charge on any atom is -0.472 e. The number of ether oxygens (including phenoxy) is 4. The predicted octanol–water partition coefficient (Wildman–Crippen LogP) is -2.34. The zero-order chi connectivity index (χ0) is 20.9. The van der Waals surface area contributed by atoms with Gasteiger partial charge >= 0.3 is 5.97 Å². The van der Waals surface area contributed by atoms with E-state index in [1.807, 2.05) is 0 Å². The van der Waals surface area contributed by atoms with Crippen molar-refractivity contribution in [2.45, 2.75) is 68.7 Å². The molecule has 6 N–H and O–H groups in total. The van der Waals surface area contributed by atoms with Crippen LogP contribution in [0.2, 0.25) is 0 Å².